The average Bonchev–Trinajstić information content (AvgIpc) is 3.45. The van der Waals surface area contributed by atoms with Gasteiger partial charge in [0.05, 0.1) is 13.2 Å². The molecule has 2 fully saturated rings. The zero-order valence-corrected chi connectivity index (χ0v) is 14.9. The molecule has 6 heteroatoms. The average molecular weight is 344 g/mol. The van der Waals surface area contributed by atoms with Gasteiger partial charge in [-0.05, 0) is 38.2 Å². The van der Waals surface area contributed by atoms with Gasteiger partial charge in [0, 0.05) is 31.1 Å². The maximum atomic E-state index is 11.3. The number of hydrogen-bond acceptors (Lipinski definition) is 3. The fourth-order valence-corrected chi connectivity index (χ4v) is 2.80. The molecule has 0 aromatic heterocycles. The van der Waals surface area contributed by atoms with Crippen LogP contribution in [0, 0.1) is 5.92 Å². The highest BCUT2D eigenvalue weighted by Crippen LogP contribution is 2.30. The van der Waals surface area contributed by atoms with Crippen LogP contribution < -0.4 is 20.7 Å². The Morgan fingerprint density at radius 1 is 1.32 bits per heavy atom. The van der Waals surface area contributed by atoms with E-state index in [4.69, 9.17) is 9.73 Å². The van der Waals surface area contributed by atoms with E-state index in [0.717, 1.165) is 42.8 Å². The third kappa shape index (κ3) is 5.66. The fourth-order valence-electron chi connectivity index (χ4n) is 2.80. The summed E-state index contributed by atoms with van der Waals surface area (Å²) in [6, 6.07) is 8.33. The smallest absolute Gasteiger partial charge is 0.220 e. The van der Waals surface area contributed by atoms with Crippen molar-refractivity contribution < 1.29 is 9.53 Å². The number of rotatable bonds is 7. The standard InChI is InChI=1S/C19H28N4O2/c1-2-20-19(23-16-9-10-18(24)21-12-16)22-11-15-5-3-4-6-17(15)25-13-14-7-8-14/h3-6,14,16H,2,7-13H2,1H3,(H,21,24)(H2,20,22,23). The molecule has 3 rings (SSSR count). The van der Waals surface area contributed by atoms with Crippen molar-refractivity contribution in [2.45, 2.75) is 45.2 Å². The minimum atomic E-state index is 0.127. The first kappa shape index (κ1) is 17.6. The zero-order chi connectivity index (χ0) is 17.5. The number of benzene rings is 1. The largest absolute Gasteiger partial charge is 0.493 e. The first-order valence-corrected chi connectivity index (χ1v) is 9.27. The number of hydrogen-bond donors (Lipinski definition) is 3. The van der Waals surface area contributed by atoms with Crippen LogP contribution >= 0.6 is 0 Å². The highest BCUT2D eigenvalue weighted by molar-refractivity contribution is 5.81. The van der Waals surface area contributed by atoms with Gasteiger partial charge in [-0.2, -0.15) is 0 Å². The predicted octanol–water partition coefficient (Wildman–Crippen LogP) is 1.81. The van der Waals surface area contributed by atoms with Crippen LogP contribution in [0.3, 0.4) is 0 Å². The summed E-state index contributed by atoms with van der Waals surface area (Å²) in [4.78, 5) is 16.0. The molecule has 0 spiro atoms. The monoisotopic (exact) mass is 344 g/mol. The minimum absolute atomic E-state index is 0.127. The fraction of sp³-hybridized carbons (Fsp3) is 0.579. The van der Waals surface area contributed by atoms with Crippen molar-refractivity contribution in [1.82, 2.24) is 16.0 Å². The Labute approximate surface area is 149 Å². The normalized spacial score (nSPS) is 20.8. The van der Waals surface area contributed by atoms with Crippen LogP contribution in [0.2, 0.25) is 0 Å². The van der Waals surface area contributed by atoms with Crippen molar-refractivity contribution in [1.29, 1.82) is 0 Å². The summed E-state index contributed by atoms with van der Waals surface area (Å²) >= 11 is 0. The van der Waals surface area contributed by atoms with E-state index >= 15 is 0 Å². The summed E-state index contributed by atoms with van der Waals surface area (Å²) in [6.07, 6.45) is 3.96. The lowest BCUT2D eigenvalue weighted by Crippen LogP contribution is -2.51. The highest BCUT2D eigenvalue weighted by Gasteiger charge is 2.22. The van der Waals surface area contributed by atoms with E-state index in [9.17, 15) is 4.79 Å². The molecular weight excluding hydrogens is 316 g/mol. The molecule has 25 heavy (non-hydrogen) atoms. The van der Waals surface area contributed by atoms with Crippen molar-refractivity contribution in [3.05, 3.63) is 29.8 Å². The second kappa shape index (κ2) is 8.74. The summed E-state index contributed by atoms with van der Waals surface area (Å²) in [5.41, 5.74) is 1.09. The van der Waals surface area contributed by atoms with Crippen LogP contribution in [-0.4, -0.2) is 37.6 Å². The van der Waals surface area contributed by atoms with Gasteiger partial charge in [0.15, 0.2) is 5.96 Å². The lowest BCUT2D eigenvalue weighted by atomic mass is 10.1. The molecule has 0 radical (unpaired) electrons. The summed E-state index contributed by atoms with van der Waals surface area (Å²) in [5.74, 6) is 2.57. The molecule has 1 saturated carbocycles. The molecule has 1 aliphatic carbocycles. The van der Waals surface area contributed by atoms with Crippen molar-refractivity contribution in [3.8, 4) is 5.75 Å². The molecule has 6 nitrogen and oxygen atoms in total. The Morgan fingerprint density at radius 3 is 2.88 bits per heavy atom. The summed E-state index contributed by atoms with van der Waals surface area (Å²) in [6.45, 7) is 4.86. The zero-order valence-electron chi connectivity index (χ0n) is 14.9. The minimum Gasteiger partial charge on any atom is -0.493 e. The number of nitrogens with one attached hydrogen (secondary N) is 3. The Balaban J connectivity index is 1.59. The number of amides is 1. The van der Waals surface area contributed by atoms with Crippen LogP contribution in [0.4, 0.5) is 0 Å². The van der Waals surface area contributed by atoms with Crippen LogP contribution in [0.5, 0.6) is 5.75 Å². The van der Waals surface area contributed by atoms with Crippen LogP contribution in [-0.2, 0) is 11.3 Å². The van der Waals surface area contributed by atoms with Gasteiger partial charge in [0.1, 0.15) is 5.75 Å². The van der Waals surface area contributed by atoms with Gasteiger partial charge in [-0.1, -0.05) is 18.2 Å². The third-order valence-electron chi connectivity index (χ3n) is 4.50. The maximum absolute atomic E-state index is 11.3. The first-order chi connectivity index (χ1) is 12.2. The second-order valence-electron chi connectivity index (χ2n) is 6.74. The van der Waals surface area contributed by atoms with Crippen molar-refractivity contribution in [3.63, 3.8) is 0 Å². The molecule has 2 aliphatic rings. The highest BCUT2D eigenvalue weighted by atomic mass is 16.5. The molecule has 1 saturated heterocycles. The number of nitrogens with zero attached hydrogens (tertiary/aromatic N) is 1. The van der Waals surface area contributed by atoms with Crippen molar-refractivity contribution in [2.24, 2.45) is 10.9 Å². The van der Waals surface area contributed by atoms with E-state index in [1.165, 1.54) is 12.8 Å². The Kier molecular flexibility index (Phi) is 6.14. The van der Waals surface area contributed by atoms with Crippen LogP contribution in [0.1, 0.15) is 38.2 Å². The summed E-state index contributed by atoms with van der Waals surface area (Å²) in [7, 11) is 0. The molecule has 136 valence electrons. The van der Waals surface area contributed by atoms with E-state index in [1.807, 2.05) is 25.1 Å². The number of para-hydroxylation sites is 1. The summed E-state index contributed by atoms with van der Waals surface area (Å²) in [5, 5.41) is 9.58. The van der Waals surface area contributed by atoms with E-state index in [2.05, 4.69) is 22.0 Å². The quantitative estimate of drug-likeness (QED) is 0.521. The van der Waals surface area contributed by atoms with Crippen LogP contribution in [0.25, 0.3) is 0 Å². The Hall–Kier alpha value is -2.24. The number of piperidine rings is 1. The second-order valence-corrected chi connectivity index (χ2v) is 6.74. The topological polar surface area (TPSA) is 74.8 Å². The van der Waals surface area contributed by atoms with Crippen molar-refractivity contribution >= 4 is 11.9 Å². The molecule has 1 aromatic rings. The van der Waals surface area contributed by atoms with Gasteiger partial charge < -0.3 is 20.7 Å². The first-order valence-electron chi connectivity index (χ1n) is 9.27. The number of aliphatic imine (C=N–C) groups is 1. The Bertz CT molecular complexity index is 603. The molecular formula is C19H28N4O2. The number of guanidine groups is 1. The van der Waals surface area contributed by atoms with E-state index in [1.54, 1.807) is 0 Å². The lowest BCUT2D eigenvalue weighted by molar-refractivity contribution is -0.122. The van der Waals surface area contributed by atoms with Gasteiger partial charge in [-0.3, -0.25) is 4.79 Å². The van der Waals surface area contributed by atoms with Gasteiger partial charge in [-0.15, -0.1) is 0 Å². The van der Waals surface area contributed by atoms with Gasteiger partial charge >= 0.3 is 0 Å². The van der Waals surface area contributed by atoms with Crippen molar-refractivity contribution in [2.75, 3.05) is 19.7 Å². The third-order valence-corrected chi connectivity index (χ3v) is 4.50. The Morgan fingerprint density at radius 2 is 2.16 bits per heavy atom. The lowest BCUT2D eigenvalue weighted by Gasteiger charge is -2.25. The van der Waals surface area contributed by atoms with Gasteiger partial charge in [-0.25, -0.2) is 4.99 Å². The van der Waals surface area contributed by atoms with Gasteiger partial charge in [0.2, 0.25) is 5.91 Å². The molecule has 1 unspecified atom stereocenters. The molecule has 0 bridgehead atoms. The molecule has 1 heterocycles. The number of carbonyl (C=O) groups is 1. The van der Waals surface area contributed by atoms with E-state index in [0.29, 0.717) is 19.5 Å². The number of carbonyl (C=O) groups excluding carboxylic acids is 1. The number of ether oxygens (including phenoxy) is 1. The molecule has 1 amide bonds. The maximum Gasteiger partial charge on any atom is 0.220 e. The van der Waals surface area contributed by atoms with E-state index < -0.39 is 0 Å². The SMILES string of the molecule is CCNC(=NCc1ccccc1OCC1CC1)NC1CCC(=O)NC1. The molecule has 3 N–H and O–H groups in total. The van der Waals surface area contributed by atoms with Crippen LogP contribution in [0.15, 0.2) is 29.3 Å². The van der Waals surface area contributed by atoms with Gasteiger partial charge in [0.25, 0.3) is 0 Å². The van der Waals surface area contributed by atoms with E-state index in [-0.39, 0.29) is 11.9 Å². The molecule has 1 aromatic carbocycles. The predicted molar refractivity (Wildman–Crippen MR) is 98.6 cm³/mol. The molecule has 1 aliphatic heterocycles. The molecule has 1 atom stereocenters. The summed E-state index contributed by atoms with van der Waals surface area (Å²) < 4.78 is 5.96.